The molecule has 0 aliphatic rings. The van der Waals surface area contributed by atoms with Crippen molar-refractivity contribution < 1.29 is 4.74 Å². The average Bonchev–Trinajstić information content (AvgIpc) is 2.84. The normalized spacial score (nSPS) is 10.4. The monoisotopic (exact) mass is 281 g/mol. The highest BCUT2D eigenvalue weighted by Gasteiger charge is 2.02. The summed E-state index contributed by atoms with van der Waals surface area (Å²) in [5, 5.41) is 3.99. The number of halogens is 1. The molecular weight excluding hydrogens is 266 g/mol. The largest absolute Gasteiger partial charge is 0.495 e. The lowest BCUT2D eigenvalue weighted by Crippen LogP contribution is -1.97. The Morgan fingerprint density at radius 1 is 1.22 bits per heavy atom. The highest BCUT2D eigenvalue weighted by Crippen LogP contribution is 2.27. The van der Waals surface area contributed by atoms with E-state index in [-0.39, 0.29) is 0 Å². The van der Waals surface area contributed by atoms with Gasteiger partial charge in [-0.1, -0.05) is 18.5 Å². The van der Waals surface area contributed by atoms with Crippen molar-refractivity contribution >= 4 is 28.6 Å². The standard InChI is InChI=1S/C14H16ClNOS/c1-3-11-5-6-12(18-11)9-16-10-4-7-14(17-2)13(15)8-10/h4-8,16H,3,9H2,1-2H3. The molecule has 0 amide bonds. The van der Waals surface area contributed by atoms with Crippen molar-refractivity contribution in [3.8, 4) is 5.75 Å². The van der Waals surface area contributed by atoms with Gasteiger partial charge < -0.3 is 10.1 Å². The van der Waals surface area contributed by atoms with Gasteiger partial charge in [0.2, 0.25) is 0 Å². The van der Waals surface area contributed by atoms with Gasteiger partial charge >= 0.3 is 0 Å². The maximum Gasteiger partial charge on any atom is 0.137 e. The molecule has 1 aromatic carbocycles. The van der Waals surface area contributed by atoms with Gasteiger partial charge in [0.05, 0.1) is 12.1 Å². The van der Waals surface area contributed by atoms with E-state index in [0.717, 1.165) is 18.7 Å². The van der Waals surface area contributed by atoms with Crippen LogP contribution in [0.2, 0.25) is 5.02 Å². The van der Waals surface area contributed by atoms with Crippen LogP contribution in [0.15, 0.2) is 30.3 Å². The van der Waals surface area contributed by atoms with Gasteiger partial charge in [0.1, 0.15) is 5.75 Å². The zero-order chi connectivity index (χ0) is 13.0. The van der Waals surface area contributed by atoms with Crippen LogP contribution in [0.1, 0.15) is 16.7 Å². The minimum absolute atomic E-state index is 0.628. The number of methoxy groups -OCH3 is 1. The third-order valence-electron chi connectivity index (χ3n) is 2.68. The summed E-state index contributed by atoms with van der Waals surface area (Å²) < 4.78 is 5.12. The van der Waals surface area contributed by atoms with Crippen LogP contribution >= 0.6 is 22.9 Å². The summed E-state index contributed by atoms with van der Waals surface area (Å²) in [6.45, 7) is 3.00. The van der Waals surface area contributed by atoms with E-state index in [2.05, 4.69) is 24.4 Å². The quantitative estimate of drug-likeness (QED) is 0.866. The first-order valence-corrected chi connectivity index (χ1v) is 7.07. The van der Waals surface area contributed by atoms with Gasteiger partial charge in [-0.2, -0.15) is 0 Å². The predicted molar refractivity (Wildman–Crippen MR) is 79.0 cm³/mol. The number of benzene rings is 1. The van der Waals surface area contributed by atoms with Gasteiger partial charge in [-0.05, 0) is 36.8 Å². The van der Waals surface area contributed by atoms with E-state index in [4.69, 9.17) is 16.3 Å². The molecule has 1 aromatic heterocycles. The number of thiophene rings is 1. The molecule has 4 heteroatoms. The van der Waals surface area contributed by atoms with E-state index < -0.39 is 0 Å². The predicted octanol–water partition coefficient (Wildman–Crippen LogP) is 4.58. The van der Waals surface area contributed by atoms with Crippen molar-refractivity contribution in [2.75, 3.05) is 12.4 Å². The third-order valence-corrected chi connectivity index (χ3v) is 4.21. The van der Waals surface area contributed by atoms with E-state index in [9.17, 15) is 0 Å². The molecule has 0 aliphatic heterocycles. The molecule has 0 saturated carbocycles. The first-order valence-electron chi connectivity index (χ1n) is 5.88. The number of hydrogen-bond donors (Lipinski definition) is 1. The van der Waals surface area contributed by atoms with Gasteiger partial charge in [-0.25, -0.2) is 0 Å². The van der Waals surface area contributed by atoms with Crippen molar-refractivity contribution in [2.45, 2.75) is 19.9 Å². The van der Waals surface area contributed by atoms with Crippen LogP contribution in [0.3, 0.4) is 0 Å². The smallest absolute Gasteiger partial charge is 0.137 e. The van der Waals surface area contributed by atoms with Gasteiger partial charge in [0.15, 0.2) is 0 Å². The summed E-state index contributed by atoms with van der Waals surface area (Å²) in [7, 11) is 1.62. The van der Waals surface area contributed by atoms with Crippen LogP contribution in [-0.4, -0.2) is 7.11 Å². The summed E-state index contributed by atoms with van der Waals surface area (Å²) in [6.07, 6.45) is 1.10. The Kier molecular flexibility index (Phi) is 4.50. The second-order valence-corrected chi connectivity index (χ2v) is 5.58. The molecular formula is C14H16ClNOS. The van der Waals surface area contributed by atoms with Crippen molar-refractivity contribution in [1.29, 1.82) is 0 Å². The van der Waals surface area contributed by atoms with E-state index in [1.165, 1.54) is 9.75 Å². The molecule has 0 bridgehead atoms. The summed E-state index contributed by atoms with van der Waals surface area (Å²) in [5.41, 5.74) is 1.01. The zero-order valence-electron chi connectivity index (χ0n) is 10.5. The molecule has 96 valence electrons. The fourth-order valence-corrected chi connectivity index (χ4v) is 2.83. The number of aryl methyl sites for hydroxylation is 1. The van der Waals surface area contributed by atoms with Crippen molar-refractivity contribution in [3.05, 3.63) is 45.1 Å². The Balaban J connectivity index is 1.99. The first kappa shape index (κ1) is 13.2. The molecule has 0 radical (unpaired) electrons. The highest BCUT2D eigenvalue weighted by atomic mass is 35.5. The molecule has 2 aromatic rings. The first-order chi connectivity index (χ1) is 8.72. The van der Waals surface area contributed by atoms with Crippen LogP contribution in [0, 0.1) is 0 Å². The second-order valence-electron chi connectivity index (χ2n) is 3.92. The number of hydrogen-bond acceptors (Lipinski definition) is 3. The molecule has 0 saturated heterocycles. The topological polar surface area (TPSA) is 21.3 Å². The number of ether oxygens (including phenoxy) is 1. The van der Waals surface area contributed by atoms with Gasteiger partial charge in [0, 0.05) is 22.0 Å². The molecule has 0 spiro atoms. The van der Waals surface area contributed by atoms with Crippen molar-refractivity contribution in [1.82, 2.24) is 0 Å². The summed E-state index contributed by atoms with van der Waals surface area (Å²) in [5.74, 6) is 0.701. The minimum atomic E-state index is 0.628. The van der Waals surface area contributed by atoms with Crippen molar-refractivity contribution in [2.24, 2.45) is 0 Å². The molecule has 0 fully saturated rings. The Bertz CT molecular complexity index is 524. The molecule has 1 heterocycles. The van der Waals surface area contributed by atoms with E-state index in [0.29, 0.717) is 10.8 Å². The summed E-state index contributed by atoms with van der Waals surface area (Å²) >= 11 is 7.92. The SMILES string of the molecule is CCc1ccc(CNc2ccc(OC)c(Cl)c2)s1. The van der Waals surface area contributed by atoms with Gasteiger partial charge in [0.25, 0.3) is 0 Å². The van der Waals surface area contributed by atoms with Crippen LogP contribution < -0.4 is 10.1 Å². The molecule has 2 rings (SSSR count). The van der Waals surface area contributed by atoms with Crippen LogP contribution in [-0.2, 0) is 13.0 Å². The number of rotatable bonds is 5. The lowest BCUT2D eigenvalue weighted by molar-refractivity contribution is 0.415. The van der Waals surface area contributed by atoms with Crippen LogP contribution in [0.25, 0.3) is 0 Å². The zero-order valence-corrected chi connectivity index (χ0v) is 12.1. The Morgan fingerprint density at radius 2 is 2.00 bits per heavy atom. The third kappa shape index (κ3) is 3.18. The summed E-state index contributed by atoms with van der Waals surface area (Å²) in [6, 6.07) is 10.1. The summed E-state index contributed by atoms with van der Waals surface area (Å²) in [4.78, 5) is 2.75. The van der Waals surface area contributed by atoms with Gasteiger partial charge in [-0.15, -0.1) is 11.3 Å². The fourth-order valence-electron chi connectivity index (χ4n) is 1.67. The van der Waals surface area contributed by atoms with E-state index in [1.807, 2.05) is 29.5 Å². The van der Waals surface area contributed by atoms with E-state index >= 15 is 0 Å². The average molecular weight is 282 g/mol. The Morgan fingerprint density at radius 3 is 2.61 bits per heavy atom. The maximum atomic E-state index is 6.08. The van der Waals surface area contributed by atoms with Gasteiger partial charge in [-0.3, -0.25) is 0 Å². The lowest BCUT2D eigenvalue weighted by atomic mass is 10.3. The number of nitrogens with one attached hydrogen (secondary N) is 1. The fraction of sp³-hybridized carbons (Fsp3) is 0.286. The minimum Gasteiger partial charge on any atom is -0.495 e. The van der Waals surface area contributed by atoms with Crippen molar-refractivity contribution in [3.63, 3.8) is 0 Å². The highest BCUT2D eigenvalue weighted by molar-refractivity contribution is 7.12. The molecule has 0 unspecified atom stereocenters. The Labute approximate surface area is 117 Å². The lowest BCUT2D eigenvalue weighted by Gasteiger charge is -2.08. The molecule has 18 heavy (non-hydrogen) atoms. The number of anilines is 1. The maximum absolute atomic E-state index is 6.08. The molecule has 0 aliphatic carbocycles. The molecule has 0 atom stereocenters. The molecule has 1 N–H and O–H groups in total. The van der Waals surface area contributed by atoms with Crippen LogP contribution in [0.4, 0.5) is 5.69 Å². The second kappa shape index (κ2) is 6.12. The molecule has 2 nitrogen and oxygen atoms in total. The van der Waals surface area contributed by atoms with E-state index in [1.54, 1.807) is 7.11 Å². The Hall–Kier alpha value is -1.19. The van der Waals surface area contributed by atoms with Crippen LogP contribution in [0.5, 0.6) is 5.75 Å².